The van der Waals surface area contributed by atoms with Crippen molar-refractivity contribution in [1.29, 1.82) is 0 Å². The standard InChI is InChI=1S/C17H22N6O2S/c1-10(2)26(24,25)20-8-12-6-11(3)13(7-12)17-22-21-15-9-19-16-14(23(15)17)4-5-18-16/h4-5,8-11,13,18,20H,6-7H2,1-3H3/b12-8-. The summed E-state index contributed by atoms with van der Waals surface area (Å²) in [5, 5.41) is 8.23. The van der Waals surface area contributed by atoms with E-state index in [0.717, 1.165) is 41.1 Å². The third kappa shape index (κ3) is 2.76. The van der Waals surface area contributed by atoms with Crippen LogP contribution in [0, 0.1) is 5.92 Å². The lowest BCUT2D eigenvalue weighted by molar-refractivity contribution is 0.507. The maximum Gasteiger partial charge on any atom is 0.234 e. The molecule has 0 aromatic carbocycles. The van der Waals surface area contributed by atoms with Crippen LogP contribution < -0.4 is 4.72 Å². The van der Waals surface area contributed by atoms with E-state index in [1.807, 2.05) is 16.7 Å². The summed E-state index contributed by atoms with van der Waals surface area (Å²) < 4.78 is 28.6. The topological polar surface area (TPSA) is 105 Å². The normalized spacial score (nSPS) is 22.8. The number of aromatic amines is 1. The summed E-state index contributed by atoms with van der Waals surface area (Å²) in [7, 11) is -3.30. The first-order valence-electron chi connectivity index (χ1n) is 8.73. The van der Waals surface area contributed by atoms with E-state index in [1.165, 1.54) is 0 Å². The van der Waals surface area contributed by atoms with E-state index in [4.69, 9.17) is 0 Å². The van der Waals surface area contributed by atoms with Crippen LogP contribution in [0.4, 0.5) is 0 Å². The fourth-order valence-electron chi connectivity index (χ4n) is 3.53. The lowest BCUT2D eigenvalue weighted by Gasteiger charge is -2.12. The molecule has 3 aromatic rings. The summed E-state index contributed by atoms with van der Waals surface area (Å²) in [6.45, 7) is 5.50. The average molecular weight is 374 g/mol. The van der Waals surface area contributed by atoms with E-state index in [0.29, 0.717) is 5.92 Å². The first-order chi connectivity index (χ1) is 12.4. The maximum absolute atomic E-state index is 12.0. The van der Waals surface area contributed by atoms with E-state index in [2.05, 4.69) is 31.8 Å². The lowest BCUT2D eigenvalue weighted by Crippen LogP contribution is -2.26. The molecule has 4 rings (SSSR count). The predicted octanol–water partition coefficient (Wildman–Crippen LogP) is 2.33. The number of nitrogens with zero attached hydrogens (tertiary/aromatic N) is 4. The van der Waals surface area contributed by atoms with Crippen molar-refractivity contribution < 1.29 is 8.42 Å². The number of allylic oxidation sites excluding steroid dienone is 1. The Labute approximate surface area is 151 Å². The van der Waals surface area contributed by atoms with Gasteiger partial charge in [-0.15, -0.1) is 10.2 Å². The highest BCUT2D eigenvalue weighted by Crippen LogP contribution is 2.42. The van der Waals surface area contributed by atoms with E-state index in [-0.39, 0.29) is 5.92 Å². The Morgan fingerprint density at radius 3 is 2.92 bits per heavy atom. The molecule has 3 heterocycles. The van der Waals surface area contributed by atoms with E-state index >= 15 is 0 Å². The summed E-state index contributed by atoms with van der Waals surface area (Å²) in [4.78, 5) is 7.46. The molecule has 0 radical (unpaired) electrons. The molecule has 138 valence electrons. The number of H-pyrrole nitrogens is 1. The molecule has 1 aliphatic rings. The monoisotopic (exact) mass is 374 g/mol. The van der Waals surface area contributed by atoms with Gasteiger partial charge in [-0.1, -0.05) is 12.5 Å². The molecule has 2 unspecified atom stereocenters. The summed E-state index contributed by atoms with van der Waals surface area (Å²) in [6, 6.07) is 1.97. The van der Waals surface area contributed by atoms with Crippen molar-refractivity contribution >= 4 is 26.8 Å². The zero-order chi connectivity index (χ0) is 18.5. The fourth-order valence-corrected chi connectivity index (χ4v) is 4.13. The second kappa shape index (κ2) is 6.08. The van der Waals surface area contributed by atoms with Gasteiger partial charge in [0.25, 0.3) is 0 Å². The smallest absolute Gasteiger partial charge is 0.234 e. The Hall–Kier alpha value is -2.42. The number of fused-ring (bicyclic) bond motifs is 3. The Morgan fingerprint density at radius 1 is 1.35 bits per heavy atom. The van der Waals surface area contributed by atoms with E-state index < -0.39 is 15.3 Å². The van der Waals surface area contributed by atoms with Crippen molar-refractivity contribution in [3.05, 3.63) is 36.1 Å². The minimum atomic E-state index is -3.30. The predicted molar refractivity (Wildman–Crippen MR) is 99.1 cm³/mol. The lowest BCUT2D eigenvalue weighted by atomic mass is 9.97. The zero-order valence-corrected chi connectivity index (χ0v) is 15.8. The van der Waals surface area contributed by atoms with Crippen molar-refractivity contribution in [2.75, 3.05) is 0 Å². The van der Waals surface area contributed by atoms with Crippen LogP contribution >= 0.6 is 0 Å². The molecule has 0 aliphatic heterocycles. The van der Waals surface area contributed by atoms with Gasteiger partial charge in [0.2, 0.25) is 10.0 Å². The van der Waals surface area contributed by atoms with Gasteiger partial charge in [-0.2, -0.15) is 0 Å². The molecule has 26 heavy (non-hydrogen) atoms. The number of rotatable bonds is 4. The molecule has 1 fully saturated rings. The van der Waals surface area contributed by atoms with Crippen molar-refractivity contribution in [2.24, 2.45) is 5.92 Å². The number of sulfonamides is 1. The average Bonchev–Trinajstić information content (AvgIpc) is 3.29. The second-order valence-electron chi connectivity index (χ2n) is 7.23. The maximum atomic E-state index is 12.0. The van der Waals surface area contributed by atoms with Crippen LogP contribution in [0.5, 0.6) is 0 Å². The van der Waals surface area contributed by atoms with Crippen molar-refractivity contribution in [2.45, 2.75) is 44.8 Å². The molecule has 0 bridgehead atoms. The largest absolute Gasteiger partial charge is 0.345 e. The fraction of sp³-hybridized carbons (Fsp3) is 0.471. The van der Waals surface area contributed by atoms with E-state index in [1.54, 1.807) is 26.2 Å². The van der Waals surface area contributed by atoms with Crippen LogP contribution in [0.3, 0.4) is 0 Å². The van der Waals surface area contributed by atoms with Gasteiger partial charge in [0.15, 0.2) is 11.3 Å². The quantitative estimate of drug-likeness (QED) is 0.729. The molecule has 2 atom stereocenters. The summed E-state index contributed by atoms with van der Waals surface area (Å²) >= 11 is 0. The van der Waals surface area contributed by atoms with Crippen LogP contribution in [0.2, 0.25) is 0 Å². The number of nitrogens with one attached hydrogen (secondary N) is 2. The van der Waals surface area contributed by atoms with Gasteiger partial charge in [0.05, 0.1) is 17.0 Å². The third-order valence-electron chi connectivity index (χ3n) is 5.10. The molecule has 8 nitrogen and oxygen atoms in total. The molecule has 1 saturated carbocycles. The minimum absolute atomic E-state index is 0.181. The zero-order valence-electron chi connectivity index (χ0n) is 15.0. The summed E-state index contributed by atoms with van der Waals surface area (Å²) in [5.41, 5.74) is 3.55. The molecule has 3 aromatic heterocycles. The Balaban J connectivity index is 1.67. The van der Waals surface area contributed by atoms with Gasteiger partial charge in [-0.3, -0.25) is 9.12 Å². The number of hydrogen-bond donors (Lipinski definition) is 2. The first-order valence-corrected chi connectivity index (χ1v) is 10.3. The van der Waals surface area contributed by atoms with Gasteiger partial charge in [-0.05, 0) is 38.7 Å². The van der Waals surface area contributed by atoms with Crippen LogP contribution in [0.25, 0.3) is 16.8 Å². The highest BCUT2D eigenvalue weighted by molar-refractivity contribution is 7.90. The van der Waals surface area contributed by atoms with Gasteiger partial charge < -0.3 is 4.98 Å². The highest BCUT2D eigenvalue weighted by atomic mass is 32.2. The molecule has 2 N–H and O–H groups in total. The van der Waals surface area contributed by atoms with E-state index in [9.17, 15) is 8.42 Å². The SMILES string of the molecule is CC1C/C(=C/NS(=O)(=O)C(C)C)CC1c1nnc2cnc3[nH]ccc3n12. The van der Waals surface area contributed by atoms with Crippen molar-refractivity contribution in [3.63, 3.8) is 0 Å². The van der Waals surface area contributed by atoms with Crippen molar-refractivity contribution in [1.82, 2.24) is 29.3 Å². The highest BCUT2D eigenvalue weighted by Gasteiger charge is 2.32. The van der Waals surface area contributed by atoms with Crippen LogP contribution in [0.1, 0.15) is 45.4 Å². The van der Waals surface area contributed by atoms with Crippen LogP contribution in [-0.4, -0.2) is 38.2 Å². The molecule has 1 aliphatic carbocycles. The summed E-state index contributed by atoms with van der Waals surface area (Å²) in [5.74, 6) is 1.43. The first kappa shape index (κ1) is 17.0. The molecule has 0 saturated heterocycles. The van der Waals surface area contributed by atoms with Crippen LogP contribution in [-0.2, 0) is 10.0 Å². The number of aromatic nitrogens is 5. The van der Waals surface area contributed by atoms with Gasteiger partial charge in [0, 0.05) is 18.3 Å². The Morgan fingerprint density at radius 2 is 2.15 bits per heavy atom. The molecule has 9 heteroatoms. The Bertz CT molecular complexity index is 1100. The second-order valence-corrected chi connectivity index (χ2v) is 9.50. The Kier molecular flexibility index (Phi) is 3.98. The third-order valence-corrected chi connectivity index (χ3v) is 6.79. The number of hydrogen-bond acceptors (Lipinski definition) is 5. The summed E-state index contributed by atoms with van der Waals surface area (Å²) in [6.07, 6.45) is 6.81. The molecule has 0 amide bonds. The van der Waals surface area contributed by atoms with Gasteiger partial charge in [-0.25, -0.2) is 13.4 Å². The molecular formula is C17H22N6O2S. The van der Waals surface area contributed by atoms with Crippen LogP contribution in [0.15, 0.2) is 30.2 Å². The van der Waals surface area contributed by atoms with Crippen molar-refractivity contribution in [3.8, 4) is 0 Å². The van der Waals surface area contributed by atoms with Gasteiger partial charge in [0.1, 0.15) is 5.82 Å². The van der Waals surface area contributed by atoms with Gasteiger partial charge >= 0.3 is 0 Å². The minimum Gasteiger partial charge on any atom is -0.345 e. The molecular weight excluding hydrogens is 352 g/mol. The molecule has 0 spiro atoms.